The first-order valence-corrected chi connectivity index (χ1v) is 10.3. The number of benzene rings is 2. The summed E-state index contributed by atoms with van der Waals surface area (Å²) in [6, 6.07) is 11.0. The van der Waals surface area contributed by atoms with Crippen molar-refractivity contribution in [3.05, 3.63) is 81.2 Å². The van der Waals surface area contributed by atoms with Crippen LogP contribution in [0.2, 0.25) is 10.3 Å². The van der Waals surface area contributed by atoms with Crippen LogP contribution in [0.1, 0.15) is 33.5 Å². The summed E-state index contributed by atoms with van der Waals surface area (Å²) in [4.78, 5) is 34.5. The Labute approximate surface area is 192 Å². The highest BCUT2D eigenvalue weighted by Gasteiger charge is 2.29. The predicted molar refractivity (Wildman–Crippen MR) is 115 cm³/mol. The third kappa shape index (κ3) is 4.71. The highest BCUT2D eigenvalue weighted by atomic mass is 35.5. The molecule has 0 spiro atoms. The average Bonchev–Trinajstić information content (AvgIpc) is 3.08. The van der Waals surface area contributed by atoms with Crippen LogP contribution in [0.5, 0.6) is 0 Å². The van der Waals surface area contributed by atoms with E-state index < -0.39 is 6.43 Å². The minimum absolute atomic E-state index is 0.0357. The van der Waals surface area contributed by atoms with E-state index in [1.54, 1.807) is 24.3 Å². The van der Waals surface area contributed by atoms with Crippen LogP contribution in [0.25, 0.3) is 11.3 Å². The van der Waals surface area contributed by atoms with Crippen molar-refractivity contribution in [2.24, 2.45) is 0 Å². The highest BCUT2D eigenvalue weighted by Crippen LogP contribution is 2.31. The quantitative estimate of drug-likeness (QED) is 0.525. The maximum Gasteiger partial charge on any atom is 0.263 e. The maximum atomic E-state index is 12.8. The molecule has 32 heavy (non-hydrogen) atoms. The molecule has 0 atom stereocenters. The Morgan fingerprint density at radius 1 is 1.19 bits per heavy atom. The second kappa shape index (κ2) is 9.18. The second-order valence-corrected chi connectivity index (χ2v) is 7.94. The van der Waals surface area contributed by atoms with Gasteiger partial charge in [-0.1, -0.05) is 41.9 Å². The summed E-state index contributed by atoms with van der Waals surface area (Å²) >= 11 is 12.0. The zero-order chi connectivity index (χ0) is 22.8. The van der Waals surface area contributed by atoms with Gasteiger partial charge < -0.3 is 10.2 Å². The highest BCUT2D eigenvalue weighted by molar-refractivity contribution is 6.33. The lowest BCUT2D eigenvalue weighted by atomic mass is 10.0. The van der Waals surface area contributed by atoms with Gasteiger partial charge in [-0.3, -0.25) is 9.59 Å². The molecule has 164 valence electrons. The Morgan fingerprint density at radius 3 is 2.78 bits per heavy atom. The van der Waals surface area contributed by atoms with Crippen LogP contribution in [0.4, 0.5) is 8.78 Å². The number of nitrogens with zero attached hydrogens (tertiary/aromatic N) is 3. The van der Waals surface area contributed by atoms with Crippen LogP contribution in [-0.4, -0.2) is 33.2 Å². The summed E-state index contributed by atoms with van der Waals surface area (Å²) in [6.45, 7) is 0.212. The molecule has 0 aliphatic carbocycles. The van der Waals surface area contributed by atoms with Gasteiger partial charge in [0.25, 0.3) is 12.3 Å². The van der Waals surface area contributed by atoms with Gasteiger partial charge in [0.2, 0.25) is 11.2 Å². The van der Waals surface area contributed by atoms with E-state index in [1.165, 1.54) is 29.3 Å². The Hall–Kier alpha value is -3.10. The number of rotatable bonds is 6. The van der Waals surface area contributed by atoms with E-state index in [0.717, 1.165) is 5.56 Å². The molecule has 0 bridgehead atoms. The molecular formula is C22H16Cl2F2N4O2. The zero-order valence-electron chi connectivity index (χ0n) is 16.5. The number of nitrogens with one attached hydrogen (secondary N) is 1. The Balaban J connectivity index is 1.42. The largest absolute Gasteiger partial charge is 0.350 e. The molecule has 2 aromatic carbocycles. The van der Waals surface area contributed by atoms with Gasteiger partial charge in [-0.15, -0.1) is 0 Å². The fourth-order valence-electron chi connectivity index (χ4n) is 3.45. The minimum atomic E-state index is -2.58. The van der Waals surface area contributed by atoms with Crippen LogP contribution in [0.15, 0.2) is 48.7 Å². The van der Waals surface area contributed by atoms with Gasteiger partial charge in [-0.05, 0) is 34.9 Å². The number of amides is 2. The molecule has 10 heteroatoms. The van der Waals surface area contributed by atoms with Crippen molar-refractivity contribution in [2.75, 3.05) is 6.54 Å². The minimum Gasteiger partial charge on any atom is -0.350 e. The molecule has 1 aromatic heterocycles. The molecule has 0 saturated carbocycles. The maximum absolute atomic E-state index is 12.8. The molecule has 1 N–H and O–H groups in total. The zero-order valence-corrected chi connectivity index (χ0v) is 18.0. The van der Waals surface area contributed by atoms with Crippen molar-refractivity contribution in [1.29, 1.82) is 0 Å². The van der Waals surface area contributed by atoms with Crippen molar-refractivity contribution in [2.45, 2.75) is 19.5 Å². The third-order valence-corrected chi connectivity index (χ3v) is 5.46. The molecule has 3 aromatic rings. The number of hydrogen-bond acceptors (Lipinski definition) is 4. The normalized spacial score (nSPS) is 12.9. The van der Waals surface area contributed by atoms with E-state index in [0.29, 0.717) is 27.4 Å². The number of halogens is 4. The molecule has 2 amide bonds. The van der Waals surface area contributed by atoms with E-state index in [9.17, 15) is 18.4 Å². The van der Waals surface area contributed by atoms with Gasteiger partial charge in [-0.25, -0.2) is 18.7 Å². The molecule has 0 radical (unpaired) electrons. The van der Waals surface area contributed by atoms with Gasteiger partial charge >= 0.3 is 0 Å². The van der Waals surface area contributed by atoms with E-state index in [2.05, 4.69) is 15.3 Å². The standard InChI is InChI=1S/C22H16Cl2F2N4O2/c23-17-9-28-22(24)29-19(17)13-4-5-15-10-30(21(32)16(15)7-13)11-18(31)27-8-12-2-1-3-14(6-12)20(25)26/h1-7,9,20H,8,10-11H2,(H,27,31). The van der Waals surface area contributed by atoms with Crippen molar-refractivity contribution < 1.29 is 18.4 Å². The molecular weight excluding hydrogens is 461 g/mol. The Bertz CT molecular complexity index is 1210. The molecule has 0 saturated heterocycles. The SMILES string of the molecule is O=C(CN1Cc2ccc(-c3nc(Cl)ncc3Cl)cc2C1=O)NCc1cccc(C(F)F)c1. The van der Waals surface area contributed by atoms with Gasteiger partial charge in [-0.2, -0.15) is 0 Å². The number of carbonyl (C=O) groups excluding carboxylic acids is 2. The summed E-state index contributed by atoms with van der Waals surface area (Å²) in [5, 5.41) is 3.00. The summed E-state index contributed by atoms with van der Waals surface area (Å²) < 4.78 is 25.6. The molecule has 4 rings (SSSR count). The number of aromatic nitrogens is 2. The molecule has 6 nitrogen and oxygen atoms in total. The lowest BCUT2D eigenvalue weighted by Crippen LogP contribution is -2.37. The summed E-state index contributed by atoms with van der Waals surface area (Å²) in [5.74, 6) is -0.688. The van der Waals surface area contributed by atoms with Crippen LogP contribution in [0, 0.1) is 0 Å². The lowest BCUT2D eigenvalue weighted by Gasteiger charge is -2.15. The first kappa shape index (κ1) is 22.1. The molecule has 1 aliphatic rings. The van der Waals surface area contributed by atoms with Crippen molar-refractivity contribution in [3.8, 4) is 11.3 Å². The van der Waals surface area contributed by atoms with E-state index in [-0.39, 0.29) is 42.3 Å². The number of fused-ring (bicyclic) bond motifs is 1. The monoisotopic (exact) mass is 476 g/mol. The lowest BCUT2D eigenvalue weighted by molar-refractivity contribution is -0.122. The van der Waals surface area contributed by atoms with E-state index >= 15 is 0 Å². The molecule has 0 unspecified atom stereocenters. The Morgan fingerprint density at radius 2 is 2.00 bits per heavy atom. The van der Waals surface area contributed by atoms with E-state index in [1.807, 2.05) is 0 Å². The van der Waals surface area contributed by atoms with Crippen LogP contribution < -0.4 is 5.32 Å². The molecule has 0 fully saturated rings. The van der Waals surface area contributed by atoms with Gasteiger partial charge in [0.15, 0.2) is 0 Å². The topological polar surface area (TPSA) is 75.2 Å². The van der Waals surface area contributed by atoms with Crippen LogP contribution >= 0.6 is 23.2 Å². The summed E-state index contributed by atoms with van der Waals surface area (Å²) in [6.07, 6.45) is -1.20. The van der Waals surface area contributed by atoms with Crippen molar-refractivity contribution in [1.82, 2.24) is 20.2 Å². The summed E-state index contributed by atoms with van der Waals surface area (Å²) in [7, 11) is 0. The van der Waals surface area contributed by atoms with Gasteiger partial charge in [0.1, 0.15) is 6.54 Å². The van der Waals surface area contributed by atoms with E-state index in [4.69, 9.17) is 23.2 Å². The van der Waals surface area contributed by atoms with Crippen molar-refractivity contribution in [3.63, 3.8) is 0 Å². The number of hydrogen-bond donors (Lipinski definition) is 1. The Kier molecular flexibility index (Phi) is 6.34. The van der Waals surface area contributed by atoms with Crippen molar-refractivity contribution >= 4 is 35.0 Å². The number of alkyl halides is 2. The summed E-state index contributed by atoms with van der Waals surface area (Å²) in [5.41, 5.74) is 2.68. The molecule has 2 heterocycles. The fourth-order valence-corrected chi connectivity index (χ4v) is 3.79. The first-order valence-electron chi connectivity index (χ1n) is 9.56. The van der Waals surface area contributed by atoms with Gasteiger partial charge in [0, 0.05) is 29.8 Å². The van der Waals surface area contributed by atoms with Gasteiger partial charge in [0.05, 0.1) is 16.9 Å². The fraction of sp³-hybridized carbons (Fsp3) is 0.182. The third-order valence-electron chi connectivity index (χ3n) is 5.00. The second-order valence-electron chi connectivity index (χ2n) is 7.19. The number of carbonyl (C=O) groups is 2. The first-order chi connectivity index (χ1) is 15.3. The average molecular weight is 477 g/mol. The predicted octanol–water partition coefficient (Wildman–Crippen LogP) is 4.66. The molecule has 1 aliphatic heterocycles. The smallest absolute Gasteiger partial charge is 0.263 e. The van der Waals surface area contributed by atoms with Crippen LogP contribution in [0.3, 0.4) is 0 Å². The van der Waals surface area contributed by atoms with Crippen LogP contribution in [-0.2, 0) is 17.9 Å².